The molecule has 5 rings (SSSR count). The molecule has 0 unspecified atom stereocenters. The van der Waals surface area contributed by atoms with Crippen LogP contribution in [-0.4, -0.2) is 53.0 Å². The van der Waals surface area contributed by atoms with Crippen molar-refractivity contribution in [3.63, 3.8) is 0 Å². The summed E-state index contributed by atoms with van der Waals surface area (Å²) < 4.78 is 16.1. The Bertz CT molecular complexity index is 1270. The summed E-state index contributed by atoms with van der Waals surface area (Å²) in [7, 11) is 0. The number of likely N-dealkylation sites (N-methyl/N-ethyl adjacent to an activating group) is 1. The number of benzene rings is 3. The zero-order chi connectivity index (χ0) is 24.2. The predicted octanol–water partition coefficient (Wildman–Crippen LogP) is 5.51. The van der Waals surface area contributed by atoms with Crippen molar-refractivity contribution in [2.75, 3.05) is 32.7 Å². The van der Waals surface area contributed by atoms with Gasteiger partial charge >= 0.3 is 0 Å². The summed E-state index contributed by atoms with van der Waals surface area (Å²) in [5.41, 5.74) is 4.45. The van der Waals surface area contributed by atoms with Crippen LogP contribution in [0.5, 0.6) is 0 Å². The molecule has 35 heavy (non-hydrogen) atoms. The Hall–Kier alpha value is -3.44. The Balaban J connectivity index is 1.51. The number of carbonyl (C=O) groups excluding carboxylic acids is 1. The second-order valence-corrected chi connectivity index (χ2v) is 9.34. The third-order valence-electron chi connectivity index (χ3n) is 7.21. The fourth-order valence-electron chi connectivity index (χ4n) is 5.18. The van der Waals surface area contributed by atoms with Crippen molar-refractivity contribution in [1.29, 1.82) is 0 Å². The molecule has 1 aliphatic heterocycles. The molecule has 0 N–H and O–H groups in total. The van der Waals surface area contributed by atoms with Gasteiger partial charge in [-0.2, -0.15) is 0 Å². The van der Waals surface area contributed by atoms with Gasteiger partial charge in [-0.05, 0) is 41.4 Å². The van der Waals surface area contributed by atoms with Crippen molar-refractivity contribution >= 4 is 16.8 Å². The minimum Gasteiger partial charge on any atom is -0.343 e. The topological polar surface area (TPSA) is 28.5 Å². The van der Waals surface area contributed by atoms with E-state index in [0.29, 0.717) is 6.42 Å². The summed E-state index contributed by atoms with van der Waals surface area (Å²) in [6.07, 6.45) is 2.56. The van der Waals surface area contributed by atoms with E-state index in [1.807, 2.05) is 29.2 Å². The smallest absolute Gasteiger partial charge is 0.223 e. The first-order valence-electron chi connectivity index (χ1n) is 12.5. The number of fused-ring (bicyclic) bond motifs is 1. The van der Waals surface area contributed by atoms with E-state index in [0.717, 1.165) is 61.3 Å². The number of piperazine rings is 1. The van der Waals surface area contributed by atoms with Crippen molar-refractivity contribution in [2.45, 2.75) is 25.8 Å². The van der Waals surface area contributed by atoms with Gasteiger partial charge in [0.1, 0.15) is 5.82 Å². The van der Waals surface area contributed by atoms with Crippen molar-refractivity contribution in [1.82, 2.24) is 14.4 Å². The number of aromatic nitrogens is 1. The lowest BCUT2D eigenvalue weighted by Gasteiger charge is -2.34. The standard InChI is InChI=1S/C30H32FN3O/c1-2-32-16-18-33(19-17-32)30(35)20-27(24-12-14-25(31)15-13-24)28-22-34(21-23-8-4-3-5-9-23)29-11-7-6-10-26(28)29/h3-15,22,27H,2,16-21H2,1H3/t27-/m0/s1. The van der Waals surface area contributed by atoms with Gasteiger partial charge in [0.25, 0.3) is 0 Å². The third-order valence-corrected chi connectivity index (χ3v) is 7.21. The van der Waals surface area contributed by atoms with Gasteiger partial charge in [-0.25, -0.2) is 4.39 Å². The first-order valence-corrected chi connectivity index (χ1v) is 12.5. The summed E-state index contributed by atoms with van der Waals surface area (Å²) in [6, 6.07) is 25.4. The van der Waals surface area contributed by atoms with E-state index >= 15 is 0 Å². The van der Waals surface area contributed by atoms with Gasteiger partial charge in [0, 0.05) is 62.2 Å². The molecule has 3 aromatic carbocycles. The number of hydrogen-bond donors (Lipinski definition) is 0. The van der Waals surface area contributed by atoms with Gasteiger partial charge in [-0.1, -0.05) is 67.6 Å². The molecule has 0 spiro atoms. The van der Waals surface area contributed by atoms with Gasteiger partial charge in [-0.3, -0.25) is 4.79 Å². The minimum absolute atomic E-state index is 0.144. The van der Waals surface area contributed by atoms with E-state index in [-0.39, 0.29) is 17.6 Å². The molecule has 0 aliphatic carbocycles. The van der Waals surface area contributed by atoms with Crippen LogP contribution in [-0.2, 0) is 11.3 Å². The lowest BCUT2D eigenvalue weighted by molar-refractivity contribution is -0.133. The molecule has 0 bridgehead atoms. The van der Waals surface area contributed by atoms with Gasteiger partial charge in [0.15, 0.2) is 0 Å². The Kier molecular flexibility index (Phi) is 6.96. The van der Waals surface area contributed by atoms with Crippen LogP contribution in [0, 0.1) is 5.82 Å². The van der Waals surface area contributed by atoms with E-state index in [1.165, 1.54) is 17.7 Å². The molecule has 1 fully saturated rings. The highest BCUT2D eigenvalue weighted by atomic mass is 19.1. The van der Waals surface area contributed by atoms with Gasteiger partial charge in [0.2, 0.25) is 5.91 Å². The maximum Gasteiger partial charge on any atom is 0.223 e. The van der Waals surface area contributed by atoms with Crippen LogP contribution < -0.4 is 0 Å². The molecule has 0 saturated carbocycles. The lowest BCUT2D eigenvalue weighted by atomic mass is 9.87. The van der Waals surface area contributed by atoms with E-state index in [9.17, 15) is 9.18 Å². The quantitative estimate of drug-likeness (QED) is 0.357. The number of para-hydroxylation sites is 1. The normalized spacial score (nSPS) is 15.4. The SMILES string of the molecule is CCN1CCN(C(=O)C[C@@H](c2ccc(F)cc2)c2cn(Cc3ccccc3)c3ccccc23)CC1. The zero-order valence-electron chi connectivity index (χ0n) is 20.2. The van der Waals surface area contributed by atoms with Crippen molar-refractivity contribution in [3.8, 4) is 0 Å². The molecular weight excluding hydrogens is 437 g/mol. The molecule has 0 radical (unpaired) electrons. The summed E-state index contributed by atoms with van der Waals surface area (Å²) in [5.74, 6) is -0.245. The van der Waals surface area contributed by atoms with Gasteiger partial charge < -0.3 is 14.4 Å². The number of halogens is 1. The number of hydrogen-bond acceptors (Lipinski definition) is 2. The molecule has 1 aliphatic rings. The first kappa shape index (κ1) is 23.3. The zero-order valence-corrected chi connectivity index (χ0v) is 20.2. The molecule has 1 aromatic heterocycles. The maximum atomic E-state index is 13.8. The number of nitrogens with zero attached hydrogens (tertiary/aromatic N) is 3. The largest absolute Gasteiger partial charge is 0.343 e. The van der Waals surface area contributed by atoms with Crippen LogP contribution >= 0.6 is 0 Å². The summed E-state index contributed by atoms with van der Waals surface area (Å²) in [6.45, 7) is 7.29. The fourth-order valence-corrected chi connectivity index (χ4v) is 5.18. The van der Waals surface area contributed by atoms with Crippen LogP contribution in [0.2, 0.25) is 0 Å². The van der Waals surface area contributed by atoms with Crippen molar-refractivity contribution in [3.05, 3.63) is 108 Å². The summed E-state index contributed by atoms with van der Waals surface area (Å²) in [4.78, 5) is 17.8. The highest BCUT2D eigenvalue weighted by Gasteiger charge is 2.27. The van der Waals surface area contributed by atoms with Crippen LogP contribution in [0.1, 0.15) is 36.0 Å². The predicted molar refractivity (Wildman–Crippen MR) is 139 cm³/mol. The maximum absolute atomic E-state index is 13.8. The average Bonchev–Trinajstić information content (AvgIpc) is 3.26. The Morgan fingerprint density at radius 2 is 1.57 bits per heavy atom. The highest BCUT2D eigenvalue weighted by Crippen LogP contribution is 2.35. The van der Waals surface area contributed by atoms with Crippen molar-refractivity contribution in [2.24, 2.45) is 0 Å². The summed E-state index contributed by atoms with van der Waals surface area (Å²) >= 11 is 0. The van der Waals surface area contributed by atoms with E-state index < -0.39 is 0 Å². The van der Waals surface area contributed by atoms with Crippen LogP contribution in [0.15, 0.2) is 85.1 Å². The Morgan fingerprint density at radius 3 is 2.29 bits per heavy atom. The van der Waals surface area contributed by atoms with Crippen LogP contribution in [0.4, 0.5) is 4.39 Å². The Morgan fingerprint density at radius 1 is 0.886 bits per heavy atom. The second-order valence-electron chi connectivity index (χ2n) is 9.34. The molecule has 1 amide bonds. The number of carbonyl (C=O) groups is 1. The lowest BCUT2D eigenvalue weighted by Crippen LogP contribution is -2.48. The second kappa shape index (κ2) is 10.4. The molecule has 180 valence electrons. The molecule has 1 saturated heterocycles. The number of rotatable bonds is 7. The van der Waals surface area contributed by atoms with E-state index in [4.69, 9.17) is 0 Å². The van der Waals surface area contributed by atoms with Crippen LogP contribution in [0.25, 0.3) is 10.9 Å². The van der Waals surface area contributed by atoms with Gasteiger partial charge in [0.05, 0.1) is 0 Å². The number of amides is 1. The average molecular weight is 470 g/mol. The molecule has 4 aromatic rings. The first-order chi connectivity index (χ1) is 17.1. The molecule has 5 heteroatoms. The molecule has 4 nitrogen and oxygen atoms in total. The monoisotopic (exact) mass is 469 g/mol. The highest BCUT2D eigenvalue weighted by molar-refractivity contribution is 5.87. The third kappa shape index (κ3) is 5.15. The fraction of sp³-hybridized carbons (Fsp3) is 0.300. The molecular formula is C30H32FN3O. The molecule has 2 heterocycles. The Labute approximate surface area is 206 Å². The van der Waals surface area contributed by atoms with Crippen molar-refractivity contribution < 1.29 is 9.18 Å². The van der Waals surface area contributed by atoms with E-state index in [2.05, 4.69) is 65.1 Å². The summed E-state index contributed by atoms with van der Waals surface area (Å²) in [5, 5.41) is 1.14. The molecule has 1 atom stereocenters. The van der Waals surface area contributed by atoms with Crippen LogP contribution in [0.3, 0.4) is 0 Å². The van der Waals surface area contributed by atoms with Gasteiger partial charge in [-0.15, -0.1) is 0 Å². The minimum atomic E-state index is -0.263. The van der Waals surface area contributed by atoms with E-state index in [1.54, 1.807) is 0 Å².